The van der Waals surface area contributed by atoms with Gasteiger partial charge in [0.15, 0.2) is 0 Å². The second kappa shape index (κ2) is 4.74. The molecule has 0 aliphatic heterocycles. The molecule has 0 aliphatic rings. The number of hydrogen-bond donors (Lipinski definition) is 2. The van der Waals surface area contributed by atoms with Gasteiger partial charge < -0.3 is 10.4 Å². The molecule has 0 radical (unpaired) electrons. The van der Waals surface area contributed by atoms with E-state index in [1.165, 1.54) is 0 Å². The van der Waals surface area contributed by atoms with Crippen molar-refractivity contribution in [3.63, 3.8) is 0 Å². The van der Waals surface area contributed by atoms with E-state index in [-0.39, 0.29) is 5.54 Å². The molecule has 0 bridgehead atoms. The summed E-state index contributed by atoms with van der Waals surface area (Å²) >= 11 is 5.81. The first kappa shape index (κ1) is 13.5. The number of aliphatic hydroxyl groups is 1. The lowest BCUT2D eigenvalue weighted by atomic mass is 9.95. The van der Waals surface area contributed by atoms with Gasteiger partial charge in [0.05, 0.1) is 5.60 Å². The van der Waals surface area contributed by atoms with E-state index in [9.17, 15) is 5.11 Å². The normalized spacial score (nSPS) is 15.9. The maximum absolute atomic E-state index is 10.3. The summed E-state index contributed by atoms with van der Waals surface area (Å²) in [5.41, 5.74) is -0.0115. The molecule has 0 unspecified atom stereocenters. The fraction of sp³-hybridized carbons (Fsp3) is 0.538. The van der Waals surface area contributed by atoms with Crippen molar-refractivity contribution in [3.8, 4) is 0 Å². The van der Waals surface area contributed by atoms with E-state index in [4.69, 9.17) is 11.6 Å². The first-order valence-corrected chi connectivity index (χ1v) is 5.82. The number of nitrogens with one attached hydrogen (secondary N) is 1. The highest BCUT2D eigenvalue weighted by atomic mass is 35.5. The molecule has 0 saturated heterocycles. The predicted octanol–water partition coefficient (Wildman–Crippen LogP) is 2.94. The van der Waals surface area contributed by atoms with Crippen LogP contribution in [-0.4, -0.2) is 17.2 Å². The molecule has 2 nitrogen and oxygen atoms in total. The first-order valence-electron chi connectivity index (χ1n) is 5.44. The zero-order valence-corrected chi connectivity index (χ0v) is 11.1. The van der Waals surface area contributed by atoms with Crippen molar-refractivity contribution in [3.05, 3.63) is 34.9 Å². The van der Waals surface area contributed by atoms with Gasteiger partial charge in [0.2, 0.25) is 0 Å². The number of hydrogen-bond acceptors (Lipinski definition) is 2. The monoisotopic (exact) mass is 241 g/mol. The molecule has 0 spiro atoms. The van der Waals surface area contributed by atoms with Gasteiger partial charge in [0.1, 0.15) is 0 Å². The van der Waals surface area contributed by atoms with Crippen LogP contribution in [0, 0.1) is 0 Å². The quantitative estimate of drug-likeness (QED) is 0.853. The van der Waals surface area contributed by atoms with Crippen LogP contribution < -0.4 is 5.32 Å². The van der Waals surface area contributed by atoms with Crippen LogP contribution in [0.5, 0.6) is 0 Å². The molecular weight excluding hydrogens is 222 g/mol. The summed E-state index contributed by atoms with van der Waals surface area (Å²) in [4.78, 5) is 0. The summed E-state index contributed by atoms with van der Waals surface area (Å²) in [5, 5.41) is 14.3. The van der Waals surface area contributed by atoms with Gasteiger partial charge in [0.25, 0.3) is 0 Å². The van der Waals surface area contributed by atoms with Crippen LogP contribution >= 0.6 is 11.6 Å². The van der Waals surface area contributed by atoms with E-state index < -0.39 is 5.60 Å². The summed E-state index contributed by atoms with van der Waals surface area (Å²) in [6.07, 6.45) is 0. The Morgan fingerprint density at radius 1 is 1.12 bits per heavy atom. The Bertz CT molecular complexity index is 338. The van der Waals surface area contributed by atoms with Gasteiger partial charge in [-0.05, 0) is 45.4 Å². The van der Waals surface area contributed by atoms with E-state index in [1.807, 2.05) is 12.1 Å². The predicted molar refractivity (Wildman–Crippen MR) is 68.8 cm³/mol. The Balaban J connectivity index is 2.73. The molecule has 1 atom stereocenters. The third-order valence-corrected chi connectivity index (χ3v) is 2.68. The van der Waals surface area contributed by atoms with E-state index in [0.29, 0.717) is 11.6 Å². The molecule has 0 aromatic heterocycles. The lowest BCUT2D eigenvalue weighted by Crippen LogP contribution is -2.44. The standard InChI is InChI=1S/C13H20ClNO/c1-12(2,3)15-9-13(4,16)10-5-7-11(14)8-6-10/h5-8,15-16H,9H2,1-4H3/t13-/m0/s1. The van der Waals surface area contributed by atoms with Crippen LogP contribution in [0.25, 0.3) is 0 Å². The Labute approximate surface area is 103 Å². The second-order valence-electron chi connectivity index (χ2n) is 5.38. The van der Waals surface area contributed by atoms with E-state index >= 15 is 0 Å². The topological polar surface area (TPSA) is 32.3 Å². The average molecular weight is 242 g/mol. The molecule has 2 N–H and O–H groups in total. The molecule has 1 aromatic rings. The SMILES string of the molecule is CC(C)(C)NC[C@](C)(O)c1ccc(Cl)cc1. The number of halogens is 1. The zero-order chi connectivity index (χ0) is 12.4. The molecule has 0 heterocycles. The van der Waals surface area contributed by atoms with Crippen molar-refractivity contribution >= 4 is 11.6 Å². The summed E-state index contributed by atoms with van der Waals surface area (Å²) in [5.74, 6) is 0. The summed E-state index contributed by atoms with van der Waals surface area (Å²) in [7, 11) is 0. The van der Waals surface area contributed by atoms with Gasteiger partial charge in [-0.2, -0.15) is 0 Å². The highest BCUT2D eigenvalue weighted by molar-refractivity contribution is 6.30. The third kappa shape index (κ3) is 4.12. The Kier molecular flexibility index (Phi) is 4.00. The molecular formula is C13H20ClNO. The van der Waals surface area contributed by atoms with Gasteiger partial charge in [-0.1, -0.05) is 23.7 Å². The van der Waals surface area contributed by atoms with Crippen molar-refractivity contribution in [2.24, 2.45) is 0 Å². The van der Waals surface area contributed by atoms with Gasteiger partial charge >= 0.3 is 0 Å². The molecule has 1 rings (SSSR count). The van der Waals surface area contributed by atoms with E-state index in [1.54, 1.807) is 19.1 Å². The summed E-state index contributed by atoms with van der Waals surface area (Å²) in [6, 6.07) is 7.30. The highest BCUT2D eigenvalue weighted by Gasteiger charge is 2.24. The molecule has 1 aromatic carbocycles. The fourth-order valence-corrected chi connectivity index (χ4v) is 1.47. The van der Waals surface area contributed by atoms with E-state index in [0.717, 1.165) is 5.56 Å². The fourth-order valence-electron chi connectivity index (χ4n) is 1.35. The first-order chi connectivity index (χ1) is 7.21. The largest absolute Gasteiger partial charge is 0.384 e. The van der Waals surface area contributed by atoms with Crippen molar-refractivity contribution in [2.45, 2.75) is 38.8 Å². The van der Waals surface area contributed by atoms with E-state index in [2.05, 4.69) is 26.1 Å². The molecule has 0 aliphatic carbocycles. The highest BCUT2D eigenvalue weighted by Crippen LogP contribution is 2.22. The number of rotatable bonds is 3. The number of β-amino-alcohol motifs (C(OH)–C–C–N with tert-alkyl or cyclic N) is 1. The van der Waals surface area contributed by atoms with Crippen LogP contribution in [0.1, 0.15) is 33.3 Å². The lowest BCUT2D eigenvalue weighted by Gasteiger charge is -2.29. The molecule has 3 heteroatoms. The summed E-state index contributed by atoms with van der Waals surface area (Å²) < 4.78 is 0. The van der Waals surface area contributed by atoms with Gasteiger partial charge in [-0.15, -0.1) is 0 Å². The molecule has 16 heavy (non-hydrogen) atoms. The van der Waals surface area contributed by atoms with Crippen molar-refractivity contribution < 1.29 is 5.11 Å². The Hall–Kier alpha value is -0.570. The van der Waals surface area contributed by atoms with Crippen LogP contribution in [0.15, 0.2) is 24.3 Å². The minimum atomic E-state index is -0.877. The van der Waals surface area contributed by atoms with Crippen LogP contribution in [0.4, 0.5) is 0 Å². The Morgan fingerprint density at radius 2 is 1.62 bits per heavy atom. The van der Waals surface area contributed by atoms with Gasteiger partial charge in [-0.3, -0.25) is 0 Å². The van der Waals surface area contributed by atoms with Crippen molar-refractivity contribution in [1.82, 2.24) is 5.32 Å². The third-order valence-electron chi connectivity index (χ3n) is 2.43. The van der Waals surface area contributed by atoms with Crippen molar-refractivity contribution in [2.75, 3.05) is 6.54 Å². The van der Waals surface area contributed by atoms with Crippen molar-refractivity contribution in [1.29, 1.82) is 0 Å². The minimum absolute atomic E-state index is 0.00356. The zero-order valence-electron chi connectivity index (χ0n) is 10.3. The summed E-state index contributed by atoms with van der Waals surface area (Å²) in [6.45, 7) is 8.54. The molecule has 90 valence electrons. The molecule has 0 amide bonds. The lowest BCUT2D eigenvalue weighted by molar-refractivity contribution is 0.0502. The van der Waals surface area contributed by atoms with Crippen LogP contribution in [0.2, 0.25) is 5.02 Å². The van der Waals surface area contributed by atoms with Crippen LogP contribution in [0.3, 0.4) is 0 Å². The van der Waals surface area contributed by atoms with Gasteiger partial charge in [-0.25, -0.2) is 0 Å². The minimum Gasteiger partial charge on any atom is -0.384 e. The maximum Gasteiger partial charge on any atom is 0.0992 e. The maximum atomic E-state index is 10.3. The molecule has 0 fully saturated rings. The smallest absolute Gasteiger partial charge is 0.0992 e. The number of benzene rings is 1. The molecule has 0 saturated carbocycles. The second-order valence-corrected chi connectivity index (χ2v) is 5.82. The van der Waals surface area contributed by atoms with Gasteiger partial charge in [0, 0.05) is 17.1 Å². The average Bonchev–Trinajstić information content (AvgIpc) is 2.15. The van der Waals surface area contributed by atoms with Crippen LogP contribution in [-0.2, 0) is 5.60 Å². The Morgan fingerprint density at radius 3 is 2.06 bits per heavy atom.